The molecule has 4 rings (SSSR count). The Kier molecular flexibility index (Phi) is 6.95. The zero-order valence-electron chi connectivity index (χ0n) is 17.9. The summed E-state index contributed by atoms with van der Waals surface area (Å²) in [5.74, 6) is -0.717. The standard InChI is InChI=1S/C23H22Cl2FN5O2/c1-2-19-28-21(29-31(19)20-16(24)7-5-8-17(20)25)22(32)27-14-10-12-30(13-11-14)23(33)15-6-3-4-9-18(15)26/h3-9,14H,2,10-13H2,1H3,(H,27,32). The highest BCUT2D eigenvalue weighted by Gasteiger charge is 2.27. The third-order valence-corrected chi connectivity index (χ3v) is 6.17. The van der Waals surface area contributed by atoms with E-state index in [2.05, 4.69) is 15.4 Å². The minimum Gasteiger partial charge on any atom is -0.346 e. The number of hydrogen-bond acceptors (Lipinski definition) is 4. The number of piperidine rings is 1. The third-order valence-electron chi connectivity index (χ3n) is 5.56. The van der Waals surface area contributed by atoms with Crippen LogP contribution in [0.5, 0.6) is 0 Å². The van der Waals surface area contributed by atoms with Crippen LogP contribution in [0.1, 0.15) is 46.6 Å². The predicted octanol–water partition coefficient (Wildman–Crippen LogP) is 4.31. The lowest BCUT2D eigenvalue weighted by molar-refractivity contribution is 0.0693. The molecule has 1 saturated heterocycles. The van der Waals surface area contributed by atoms with E-state index in [1.165, 1.54) is 16.8 Å². The molecule has 1 N–H and O–H groups in total. The fourth-order valence-corrected chi connectivity index (χ4v) is 4.38. The Labute approximate surface area is 200 Å². The van der Waals surface area contributed by atoms with E-state index in [1.54, 1.807) is 35.2 Å². The molecule has 3 aromatic rings. The van der Waals surface area contributed by atoms with Gasteiger partial charge in [0.05, 0.1) is 15.6 Å². The van der Waals surface area contributed by atoms with Gasteiger partial charge in [0.1, 0.15) is 17.3 Å². The van der Waals surface area contributed by atoms with Gasteiger partial charge in [-0.3, -0.25) is 9.59 Å². The molecule has 33 heavy (non-hydrogen) atoms. The molecule has 10 heteroatoms. The number of amides is 2. The molecule has 0 aliphatic carbocycles. The van der Waals surface area contributed by atoms with Crippen LogP contribution in [0.25, 0.3) is 5.69 Å². The first-order chi connectivity index (χ1) is 15.9. The maximum Gasteiger partial charge on any atom is 0.291 e. The largest absolute Gasteiger partial charge is 0.346 e. The molecule has 1 aromatic heterocycles. The molecule has 2 aromatic carbocycles. The summed E-state index contributed by atoms with van der Waals surface area (Å²) in [6.07, 6.45) is 1.62. The normalized spacial score (nSPS) is 14.4. The van der Waals surface area contributed by atoms with Gasteiger partial charge in [-0.15, -0.1) is 5.10 Å². The fourth-order valence-electron chi connectivity index (χ4n) is 3.82. The van der Waals surface area contributed by atoms with Crippen LogP contribution >= 0.6 is 23.2 Å². The lowest BCUT2D eigenvalue weighted by Gasteiger charge is -2.32. The van der Waals surface area contributed by atoms with E-state index >= 15 is 0 Å². The molecule has 1 aliphatic rings. The van der Waals surface area contributed by atoms with Gasteiger partial charge in [0.15, 0.2) is 0 Å². The topological polar surface area (TPSA) is 80.1 Å². The van der Waals surface area contributed by atoms with E-state index in [1.807, 2.05) is 6.92 Å². The number of carbonyl (C=O) groups excluding carboxylic acids is 2. The molecule has 1 fully saturated rings. The number of aromatic nitrogens is 3. The summed E-state index contributed by atoms with van der Waals surface area (Å²) in [6, 6.07) is 10.9. The number of likely N-dealkylation sites (tertiary alicyclic amines) is 1. The van der Waals surface area contributed by atoms with Gasteiger partial charge in [0.2, 0.25) is 5.82 Å². The number of para-hydroxylation sites is 1. The zero-order chi connectivity index (χ0) is 23.5. The Morgan fingerprint density at radius 1 is 1.09 bits per heavy atom. The highest BCUT2D eigenvalue weighted by molar-refractivity contribution is 6.37. The average Bonchev–Trinajstić information content (AvgIpc) is 3.23. The van der Waals surface area contributed by atoms with E-state index in [0.717, 1.165) is 0 Å². The van der Waals surface area contributed by atoms with Crippen LogP contribution in [0.4, 0.5) is 4.39 Å². The van der Waals surface area contributed by atoms with Crippen molar-refractivity contribution in [3.8, 4) is 5.69 Å². The van der Waals surface area contributed by atoms with E-state index < -0.39 is 11.7 Å². The minimum atomic E-state index is -0.537. The summed E-state index contributed by atoms with van der Waals surface area (Å²) in [7, 11) is 0. The second-order valence-corrected chi connectivity index (χ2v) is 8.52. The summed E-state index contributed by atoms with van der Waals surface area (Å²) in [6.45, 7) is 2.72. The van der Waals surface area contributed by atoms with Crippen LogP contribution in [0.15, 0.2) is 42.5 Å². The fraction of sp³-hybridized carbons (Fsp3) is 0.304. The Morgan fingerprint density at radius 3 is 2.39 bits per heavy atom. The van der Waals surface area contributed by atoms with Crippen molar-refractivity contribution in [3.63, 3.8) is 0 Å². The maximum atomic E-state index is 13.9. The summed E-state index contributed by atoms with van der Waals surface area (Å²) in [5.41, 5.74) is 0.532. The lowest BCUT2D eigenvalue weighted by atomic mass is 10.0. The van der Waals surface area contributed by atoms with Gasteiger partial charge in [-0.1, -0.05) is 48.3 Å². The van der Waals surface area contributed by atoms with Crippen molar-refractivity contribution in [2.24, 2.45) is 0 Å². The zero-order valence-corrected chi connectivity index (χ0v) is 19.4. The van der Waals surface area contributed by atoms with Crippen LogP contribution < -0.4 is 5.32 Å². The molecule has 0 spiro atoms. The molecule has 0 radical (unpaired) electrons. The van der Waals surface area contributed by atoms with Crippen LogP contribution in [0.2, 0.25) is 10.0 Å². The van der Waals surface area contributed by atoms with Crippen LogP contribution in [0, 0.1) is 5.82 Å². The van der Waals surface area contributed by atoms with E-state index in [9.17, 15) is 14.0 Å². The average molecular weight is 490 g/mol. The number of halogens is 3. The van der Waals surface area contributed by atoms with Crippen LogP contribution in [0.3, 0.4) is 0 Å². The first kappa shape index (κ1) is 23.2. The molecule has 0 unspecified atom stereocenters. The van der Waals surface area contributed by atoms with Crippen molar-refractivity contribution in [1.29, 1.82) is 0 Å². The van der Waals surface area contributed by atoms with Gasteiger partial charge in [0, 0.05) is 25.6 Å². The van der Waals surface area contributed by atoms with E-state index in [-0.39, 0.29) is 23.3 Å². The quantitative estimate of drug-likeness (QED) is 0.578. The van der Waals surface area contributed by atoms with Crippen molar-refractivity contribution < 1.29 is 14.0 Å². The molecule has 0 atom stereocenters. The molecule has 2 amide bonds. The number of hydrogen-bond donors (Lipinski definition) is 1. The predicted molar refractivity (Wildman–Crippen MR) is 124 cm³/mol. The monoisotopic (exact) mass is 489 g/mol. The van der Waals surface area contributed by atoms with Crippen LogP contribution in [-0.4, -0.2) is 50.6 Å². The van der Waals surface area contributed by atoms with E-state index in [0.29, 0.717) is 53.9 Å². The SMILES string of the molecule is CCc1nc(C(=O)NC2CCN(C(=O)c3ccccc3F)CC2)nn1-c1c(Cl)cccc1Cl. The molecule has 1 aliphatic heterocycles. The summed E-state index contributed by atoms with van der Waals surface area (Å²) in [5, 5.41) is 8.09. The van der Waals surface area contributed by atoms with Crippen molar-refractivity contribution in [2.45, 2.75) is 32.2 Å². The van der Waals surface area contributed by atoms with Crippen molar-refractivity contribution >= 4 is 35.0 Å². The molecule has 0 bridgehead atoms. The van der Waals surface area contributed by atoms with Crippen molar-refractivity contribution in [3.05, 3.63) is 75.5 Å². The minimum absolute atomic E-state index is 0.0210. The number of nitrogens with zero attached hydrogens (tertiary/aromatic N) is 4. The molecule has 0 saturated carbocycles. The first-order valence-corrected chi connectivity index (χ1v) is 11.4. The van der Waals surface area contributed by atoms with Gasteiger partial charge in [-0.2, -0.15) is 0 Å². The Morgan fingerprint density at radius 2 is 1.76 bits per heavy atom. The maximum absolute atomic E-state index is 13.9. The summed E-state index contributed by atoms with van der Waals surface area (Å²) < 4.78 is 15.4. The highest BCUT2D eigenvalue weighted by atomic mass is 35.5. The Hall–Kier alpha value is -2.97. The Bertz CT molecular complexity index is 1170. The van der Waals surface area contributed by atoms with Crippen molar-refractivity contribution in [1.82, 2.24) is 25.0 Å². The smallest absolute Gasteiger partial charge is 0.291 e. The lowest BCUT2D eigenvalue weighted by Crippen LogP contribution is -2.46. The van der Waals surface area contributed by atoms with Gasteiger partial charge in [-0.25, -0.2) is 14.1 Å². The van der Waals surface area contributed by atoms with Crippen LogP contribution in [-0.2, 0) is 6.42 Å². The molecular formula is C23H22Cl2FN5O2. The van der Waals surface area contributed by atoms with Gasteiger partial charge >= 0.3 is 0 Å². The summed E-state index contributed by atoms with van der Waals surface area (Å²) in [4.78, 5) is 31.4. The summed E-state index contributed by atoms with van der Waals surface area (Å²) >= 11 is 12.6. The second-order valence-electron chi connectivity index (χ2n) is 7.71. The molecular weight excluding hydrogens is 468 g/mol. The van der Waals surface area contributed by atoms with Crippen molar-refractivity contribution in [2.75, 3.05) is 13.1 Å². The van der Waals surface area contributed by atoms with E-state index in [4.69, 9.17) is 23.2 Å². The number of nitrogens with one attached hydrogen (secondary N) is 1. The van der Waals surface area contributed by atoms with Gasteiger partial charge < -0.3 is 10.2 Å². The number of benzene rings is 2. The second kappa shape index (κ2) is 9.89. The molecule has 7 nitrogen and oxygen atoms in total. The third kappa shape index (κ3) is 4.86. The molecule has 2 heterocycles. The first-order valence-electron chi connectivity index (χ1n) is 10.6. The Balaban J connectivity index is 1.42. The van der Waals surface area contributed by atoms with Gasteiger partial charge in [0.25, 0.3) is 11.8 Å². The van der Waals surface area contributed by atoms with Gasteiger partial charge in [-0.05, 0) is 37.1 Å². The number of carbonyl (C=O) groups is 2. The number of aryl methyl sites for hydroxylation is 1. The number of rotatable bonds is 5. The molecule has 172 valence electrons. The highest BCUT2D eigenvalue weighted by Crippen LogP contribution is 2.28.